The van der Waals surface area contributed by atoms with E-state index in [1.54, 1.807) is 6.26 Å². The van der Waals surface area contributed by atoms with Gasteiger partial charge >= 0.3 is 0 Å². The van der Waals surface area contributed by atoms with Gasteiger partial charge in [0.1, 0.15) is 6.26 Å². The van der Waals surface area contributed by atoms with Gasteiger partial charge in [0.2, 0.25) is 0 Å². The first-order valence-corrected chi connectivity index (χ1v) is 7.93. The Morgan fingerprint density at radius 2 is 1.78 bits per heavy atom. The van der Waals surface area contributed by atoms with Crippen LogP contribution in [-0.2, 0) is 0 Å². The summed E-state index contributed by atoms with van der Waals surface area (Å²) in [5, 5.41) is 9.38. The van der Waals surface area contributed by atoms with Gasteiger partial charge in [-0.2, -0.15) is 0 Å². The Labute approximate surface area is 134 Å². The fraction of sp³-hybridized carbons (Fsp3) is 0.0952. The summed E-state index contributed by atoms with van der Waals surface area (Å²) in [6, 6.07) is 19.5. The quantitative estimate of drug-likeness (QED) is 0.432. The van der Waals surface area contributed by atoms with Crippen LogP contribution in [0.25, 0.3) is 27.6 Å². The number of benzene rings is 3. The Morgan fingerprint density at radius 3 is 2.70 bits per heavy atom. The molecular weight excluding hydrogens is 282 g/mol. The van der Waals surface area contributed by atoms with Crippen LogP contribution >= 0.6 is 0 Å². The fourth-order valence-electron chi connectivity index (χ4n) is 3.75. The van der Waals surface area contributed by atoms with Crippen molar-refractivity contribution in [2.24, 2.45) is 0 Å². The molecule has 0 amide bonds. The van der Waals surface area contributed by atoms with E-state index in [9.17, 15) is 0 Å². The minimum atomic E-state index is 0.282. The number of allylic oxidation sites excluding steroid dienone is 1. The Morgan fingerprint density at radius 1 is 0.870 bits per heavy atom. The Balaban J connectivity index is 1.82. The summed E-state index contributed by atoms with van der Waals surface area (Å²) in [6.45, 7) is 0. The number of fused-ring (bicyclic) bond motifs is 5. The molecule has 2 nitrogen and oxygen atoms in total. The first kappa shape index (κ1) is 12.7. The van der Waals surface area contributed by atoms with Gasteiger partial charge in [-0.15, -0.1) is 0 Å². The molecule has 1 aromatic heterocycles. The van der Waals surface area contributed by atoms with Crippen LogP contribution in [0.15, 0.2) is 71.5 Å². The molecule has 0 N–H and O–H groups in total. The molecule has 0 spiro atoms. The van der Waals surface area contributed by atoms with E-state index in [1.807, 2.05) is 6.07 Å². The maximum Gasteiger partial charge on any atom is 0.124 e. The molecule has 0 saturated heterocycles. The van der Waals surface area contributed by atoms with Gasteiger partial charge < -0.3 is 4.52 Å². The molecule has 1 aliphatic rings. The van der Waals surface area contributed by atoms with Crippen molar-refractivity contribution in [3.8, 4) is 0 Å². The molecule has 1 heterocycles. The van der Waals surface area contributed by atoms with Gasteiger partial charge in [0, 0.05) is 12.0 Å². The summed E-state index contributed by atoms with van der Waals surface area (Å²) in [5.74, 6) is 0.282. The molecule has 5 rings (SSSR count). The van der Waals surface area contributed by atoms with Gasteiger partial charge in [-0.3, -0.25) is 0 Å². The smallest absolute Gasteiger partial charge is 0.124 e. The van der Waals surface area contributed by atoms with E-state index in [1.165, 1.54) is 32.7 Å². The lowest BCUT2D eigenvalue weighted by Crippen LogP contribution is -2.06. The summed E-state index contributed by atoms with van der Waals surface area (Å²) >= 11 is 0. The van der Waals surface area contributed by atoms with Crippen molar-refractivity contribution in [2.45, 2.75) is 12.3 Å². The van der Waals surface area contributed by atoms with Gasteiger partial charge in [-0.1, -0.05) is 65.8 Å². The van der Waals surface area contributed by atoms with Crippen LogP contribution in [-0.4, -0.2) is 5.16 Å². The molecule has 0 bridgehead atoms. The van der Waals surface area contributed by atoms with Gasteiger partial charge in [0.25, 0.3) is 0 Å². The molecule has 110 valence electrons. The van der Waals surface area contributed by atoms with Crippen LogP contribution in [0.2, 0.25) is 0 Å². The minimum absolute atomic E-state index is 0.282. The molecule has 23 heavy (non-hydrogen) atoms. The maximum absolute atomic E-state index is 5.05. The average Bonchev–Trinajstić information content (AvgIpc) is 3.15. The van der Waals surface area contributed by atoms with Crippen molar-refractivity contribution in [1.29, 1.82) is 0 Å². The third-order valence-corrected chi connectivity index (χ3v) is 4.85. The van der Waals surface area contributed by atoms with Crippen molar-refractivity contribution in [3.63, 3.8) is 0 Å². The maximum atomic E-state index is 5.05. The van der Waals surface area contributed by atoms with Crippen LogP contribution < -0.4 is 0 Å². The van der Waals surface area contributed by atoms with E-state index < -0.39 is 0 Å². The van der Waals surface area contributed by atoms with Crippen molar-refractivity contribution in [2.75, 3.05) is 0 Å². The fourth-order valence-corrected chi connectivity index (χ4v) is 3.75. The highest BCUT2D eigenvalue weighted by atomic mass is 16.5. The molecule has 1 atom stereocenters. The number of hydrogen-bond donors (Lipinski definition) is 0. The zero-order valence-corrected chi connectivity index (χ0v) is 12.6. The second-order valence-electron chi connectivity index (χ2n) is 6.07. The molecule has 4 aromatic rings. The Kier molecular flexibility index (Phi) is 2.65. The minimum Gasteiger partial charge on any atom is -0.364 e. The third kappa shape index (κ3) is 1.85. The lowest BCUT2D eigenvalue weighted by atomic mass is 9.82. The Bertz CT molecular complexity index is 1040. The molecular formula is C21H15NO. The molecule has 0 fully saturated rings. The van der Waals surface area contributed by atoms with Gasteiger partial charge in [0.15, 0.2) is 0 Å². The Hall–Kier alpha value is -2.87. The van der Waals surface area contributed by atoms with Crippen LogP contribution in [0.4, 0.5) is 0 Å². The van der Waals surface area contributed by atoms with Crippen LogP contribution in [0, 0.1) is 0 Å². The zero-order valence-electron chi connectivity index (χ0n) is 12.6. The van der Waals surface area contributed by atoms with E-state index >= 15 is 0 Å². The van der Waals surface area contributed by atoms with Crippen LogP contribution in [0.5, 0.6) is 0 Å². The largest absolute Gasteiger partial charge is 0.364 e. The standard InChI is InChI=1S/C21H15NO/c1-2-5-15-14(4-1)8-9-18-16-6-3-7-20(21-12-13-23-22-21)19(16)11-10-17(15)18/h1-6,8-13,20H,7H2. The highest BCUT2D eigenvalue weighted by Gasteiger charge is 2.22. The molecule has 2 heteroatoms. The first-order valence-electron chi connectivity index (χ1n) is 7.93. The molecule has 0 saturated carbocycles. The van der Waals surface area contributed by atoms with Crippen LogP contribution in [0.1, 0.15) is 29.2 Å². The number of nitrogens with zero attached hydrogens (tertiary/aromatic N) is 1. The second-order valence-corrected chi connectivity index (χ2v) is 6.07. The molecule has 0 aliphatic heterocycles. The average molecular weight is 297 g/mol. The number of hydrogen-bond acceptors (Lipinski definition) is 2. The van der Waals surface area contributed by atoms with Crippen molar-refractivity contribution in [1.82, 2.24) is 5.16 Å². The van der Waals surface area contributed by atoms with Crippen LogP contribution in [0.3, 0.4) is 0 Å². The van der Waals surface area contributed by atoms with E-state index in [-0.39, 0.29) is 5.92 Å². The van der Waals surface area contributed by atoms with Gasteiger partial charge in [-0.05, 0) is 39.1 Å². The topological polar surface area (TPSA) is 26.0 Å². The lowest BCUT2D eigenvalue weighted by Gasteiger charge is -2.21. The summed E-state index contributed by atoms with van der Waals surface area (Å²) in [6.07, 6.45) is 7.12. The van der Waals surface area contributed by atoms with E-state index in [2.05, 4.69) is 65.8 Å². The highest BCUT2D eigenvalue weighted by Crippen LogP contribution is 2.39. The summed E-state index contributed by atoms with van der Waals surface area (Å²) in [4.78, 5) is 0. The summed E-state index contributed by atoms with van der Waals surface area (Å²) < 4.78 is 5.05. The number of aromatic nitrogens is 1. The molecule has 1 unspecified atom stereocenters. The highest BCUT2D eigenvalue weighted by molar-refractivity contribution is 6.10. The molecule has 0 radical (unpaired) electrons. The van der Waals surface area contributed by atoms with E-state index in [0.29, 0.717) is 0 Å². The summed E-state index contributed by atoms with van der Waals surface area (Å²) in [5.41, 5.74) is 3.66. The predicted octanol–water partition coefficient (Wildman–Crippen LogP) is 5.53. The van der Waals surface area contributed by atoms with E-state index in [0.717, 1.165) is 12.1 Å². The third-order valence-electron chi connectivity index (χ3n) is 4.85. The van der Waals surface area contributed by atoms with Gasteiger partial charge in [0.05, 0.1) is 5.69 Å². The first-order chi connectivity index (χ1) is 11.4. The SMILES string of the molecule is C1=Cc2c(ccc3c2ccc2ccccc23)C(c2ccon2)C1. The molecule has 1 aliphatic carbocycles. The van der Waals surface area contributed by atoms with Gasteiger partial charge in [-0.25, -0.2) is 0 Å². The second kappa shape index (κ2) is 4.82. The lowest BCUT2D eigenvalue weighted by molar-refractivity contribution is 0.408. The predicted molar refractivity (Wildman–Crippen MR) is 93.5 cm³/mol. The summed E-state index contributed by atoms with van der Waals surface area (Å²) in [7, 11) is 0. The monoisotopic (exact) mass is 297 g/mol. The zero-order chi connectivity index (χ0) is 15.2. The van der Waals surface area contributed by atoms with Crippen molar-refractivity contribution < 1.29 is 4.52 Å². The normalized spacial score (nSPS) is 16.8. The van der Waals surface area contributed by atoms with E-state index in [4.69, 9.17) is 4.52 Å². The van der Waals surface area contributed by atoms with Crippen molar-refractivity contribution >= 4 is 27.6 Å². The number of rotatable bonds is 1. The van der Waals surface area contributed by atoms with Crippen molar-refractivity contribution in [3.05, 3.63) is 83.8 Å². The molecule has 3 aromatic carbocycles.